The molecule has 5 heteroatoms. The lowest BCUT2D eigenvalue weighted by molar-refractivity contribution is -0.116. The van der Waals surface area contributed by atoms with Gasteiger partial charge in [-0.2, -0.15) is 0 Å². The maximum absolute atomic E-state index is 12.9. The summed E-state index contributed by atoms with van der Waals surface area (Å²) in [7, 11) is 0. The molecule has 154 valence electrons. The normalized spacial score (nSPS) is 13.2. The lowest BCUT2D eigenvalue weighted by atomic mass is 9.98. The molecule has 0 atom stereocenters. The van der Waals surface area contributed by atoms with Gasteiger partial charge in [0, 0.05) is 36.9 Å². The second-order valence-corrected chi connectivity index (χ2v) is 7.95. The van der Waals surface area contributed by atoms with Crippen molar-refractivity contribution in [1.29, 1.82) is 0 Å². The summed E-state index contributed by atoms with van der Waals surface area (Å²) in [6.45, 7) is 7.60. The fraction of sp³-hybridized carbons (Fsp3) is 0.417. The van der Waals surface area contributed by atoms with Gasteiger partial charge in [-0.05, 0) is 56.0 Å². The minimum Gasteiger partial charge on any atom is -0.366 e. The number of benzene rings is 2. The molecule has 0 aliphatic carbocycles. The van der Waals surface area contributed by atoms with Crippen LogP contribution in [0.15, 0.2) is 42.5 Å². The van der Waals surface area contributed by atoms with Crippen LogP contribution in [-0.4, -0.2) is 24.4 Å². The van der Waals surface area contributed by atoms with Gasteiger partial charge < -0.3 is 15.5 Å². The van der Waals surface area contributed by atoms with E-state index in [0.717, 1.165) is 38.0 Å². The summed E-state index contributed by atoms with van der Waals surface area (Å²) >= 11 is 0. The summed E-state index contributed by atoms with van der Waals surface area (Å²) in [4.78, 5) is 27.3. The SMILES string of the molecule is CCCCC(=O)Nc1ccc(N2CCc3ccccc3C2)c(C(=O)NC(C)C)c1. The Labute approximate surface area is 173 Å². The van der Waals surface area contributed by atoms with Gasteiger partial charge in [0.15, 0.2) is 0 Å². The van der Waals surface area contributed by atoms with Crippen molar-refractivity contribution in [2.24, 2.45) is 0 Å². The topological polar surface area (TPSA) is 61.4 Å². The van der Waals surface area contributed by atoms with E-state index in [1.165, 1.54) is 11.1 Å². The lowest BCUT2D eigenvalue weighted by Gasteiger charge is -2.32. The highest BCUT2D eigenvalue weighted by molar-refractivity contribution is 6.02. The molecule has 0 aromatic heterocycles. The molecule has 29 heavy (non-hydrogen) atoms. The molecular weight excluding hydrogens is 362 g/mol. The molecule has 2 aromatic carbocycles. The van der Waals surface area contributed by atoms with E-state index >= 15 is 0 Å². The minimum atomic E-state index is -0.112. The number of anilines is 2. The number of nitrogens with one attached hydrogen (secondary N) is 2. The van der Waals surface area contributed by atoms with E-state index in [1.54, 1.807) is 6.07 Å². The van der Waals surface area contributed by atoms with Gasteiger partial charge in [0.25, 0.3) is 5.91 Å². The van der Waals surface area contributed by atoms with Gasteiger partial charge in [0.05, 0.1) is 5.56 Å². The highest BCUT2D eigenvalue weighted by Gasteiger charge is 2.22. The predicted molar refractivity (Wildman–Crippen MR) is 118 cm³/mol. The second kappa shape index (κ2) is 9.59. The zero-order valence-electron chi connectivity index (χ0n) is 17.6. The maximum atomic E-state index is 12.9. The van der Waals surface area contributed by atoms with Crippen LogP contribution in [0.3, 0.4) is 0 Å². The molecule has 0 bridgehead atoms. The molecular formula is C24H31N3O2. The first-order valence-corrected chi connectivity index (χ1v) is 10.5. The molecule has 0 saturated carbocycles. The third-order valence-corrected chi connectivity index (χ3v) is 5.17. The zero-order valence-corrected chi connectivity index (χ0v) is 17.6. The maximum Gasteiger partial charge on any atom is 0.253 e. The molecule has 1 heterocycles. The second-order valence-electron chi connectivity index (χ2n) is 7.95. The third-order valence-electron chi connectivity index (χ3n) is 5.17. The Morgan fingerprint density at radius 2 is 1.86 bits per heavy atom. The van der Waals surface area contributed by atoms with Crippen molar-refractivity contribution in [3.05, 3.63) is 59.2 Å². The number of unbranched alkanes of at least 4 members (excludes halogenated alkanes) is 1. The lowest BCUT2D eigenvalue weighted by Crippen LogP contribution is -2.35. The molecule has 0 unspecified atom stereocenters. The van der Waals surface area contributed by atoms with Crippen molar-refractivity contribution in [1.82, 2.24) is 5.32 Å². The van der Waals surface area contributed by atoms with Crippen LogP contribution in [-0.2, 0) is 17.8 Å². The highest BCUT2D eigenvalue weighted by Crippen LogP contribution is 2.29. The van der Waals surface area contributed by atoms with E-state index in [-0.39, 0.29) is 17.9 Å². The molecule has 1 aliphatic rings. The number of carbonyl (C=O) groups excluding carboxylic acids is 2. The Balaban J connectivity index is 1.87. The Kier molecular flexibility index (Phi) is 6.91. The number of carbonyl (C=O) groups is 2. The Hall–Kier alpha value is -2.82. The van der Waals surface area contributed by atoms with E-state index in [9.17, 15) is 9.59 Å². The summed E-state index contributed by atoms with van der Waals surface area (Å²) in [5, 5.41) is 5.93. The van der Waals surface area contributed by atoms with Crippen molar-refractivity contribution in [3.63, 3.8) is 0 Å². The van der Waals surface area contributed by atoms with Gasteiger partial charge in [-0.15, -0.1) is 0 Å². The summed E-state index contributed by atoms with van der Waals surface area (Å²) < 4.78 is 0. The third kappa shape index (κ3) is 5.37. The van der Waals surface area contributed by atoms with Gasteiger partial charge in [0.2, 0.25) is 5.91 Å². The van der Waals surface area contributed by atoms with Crippen LogP contribution in [0.1, 0.15) is 61.5 Å². The average Bonchev–Trinajstić information content (AvgIpc) is 2.71. The van der Waals surface area contributed by atoms with Crippen molar-refractivity contribution in [3.8, 4) is 0 Å². The molecule has 0 saturated heterocycles. The standard InChI is InChI=1S/C24H31N3O2/c1-4-5-10-23(28)26-20-11-12-22(21(15-20)24(29)25-17(2)3)27-14-13-18-8-6-7-9-19(18)16-27/h6-9,11-12,15,17H,4-5,10,13-14,16H2,1-3H3,(H,25,29)(H,26,28). The first kappa shape index (κ1) is 20.9. The van der Waals surface area contributed by atoms with E-state index in [2.05, 4.69) is 46.7 Å². The predicted octanol–water partition coefficient (Wildman–Crippen LogP) is 4.52. The summed E-state index contributed by atoms with van der Waals surface area (Å²) in [5.41, 5.74) is 4.85. The van der Waals surface area contributed by atoms with E-state index in [1.807, 2.05) is 26.0 Å². The van der Waals surface area contributed by atoms with Gasteiger partial charge in [-0.1, -0.05) is 37.6 Å². The summed E-state index contributed by atoms with van der Waals surface area (Å²) in [6.07, 6.45) is 3.29. The molecule has 2 N–H and O–H groups in total. The average molecular weight is 394 g/mol. The van der Waals surface area contributed by atoms with Crippen LogP contribution < -0.4 is 15.5 Å². The molecule has 3 rings (SSSR count). The van der Waals surface area contributed by atoms with Crippen molar-refractivity contribution in [2.45, 2.75) is 59.0 Å². The molecule has 0 spiro atoms. The number of hydrogen-bond donors (Lipinski definition) is 2. The number of amides is 2. The minimum absolute atomic E-state index is 0.0123. The van der Waals surface area contributed by atoms with Crippen molar-refractivity contribution < 1.29 is 9.59 Å². The van der Waals surface area contributed by atoms with Gasteiger partial charge >= 0.3 is 0 Å². The number of fused-ring (bicyclic) bond motifs is 1. The van der Waals surface area contributed by atoms with Crippen LogP contribution in [0.25, 0.3) is 0 Å². The van der Waals surface area contributed by atoms with E-state index in [4.69, 9.17) is 0 Å². The Morgan fingerprint density at radius 1 is 1.10 bits per heavy atom. The molecule has 1 aliphatic heterocycles. The summed E-state index contributed by atoms with van der Waals surface area (Å²) in [5.74, 6) is -0.125. The van der Waals surface area contributed by atoms with Crippen LogP contribution >= 0.6 is 0 Å². The Bertz CT molecular complexity index is 876. The molecule has 0 fully saturated rings. The van der Waals surface area contributed by atoms with Crippen LogP contribution in [0.2, 0.25) is 0 Å². The molecule has 2 amide bonds. The van der Waals surface area contributed by atoms with Crippen LogP contribution in [0.4, 0.5) is 11.4 Å². The Morgan fingerprint density at radius 3 is 2.59 bits per heavy atom. The smallest absolute Gasteiger partial charge is 0.253 e. The molecule has 5 nitrogen and oxygen atoms in total. The van der Waals surface area contributed by atoms with Gasteiger partial charge in [-0.3, -0.25) is 9.59 Å². The zero-order chi connectivity index (χ0) is 20.8. The molecule has 2 aromatic rings. The summed E-state index contributed by atoms with van der Waals surface area (Å²) in [6, 6.07) is 14.2. The first-order valence-electron chi connectivity index (χ1n) is 10.5. The van der Waals surface area contributed by atoms with E-state index in [0.29, 0.717) is 17.7 Å². The number of hydrogen-bond acceptors (Lipinski definition) is 3. The van der Waals surface area contributed by atoms with Crippen LogP contribution in [0, 0.1) is 0 Å². The van der Waals surface area contributed by atoms with Crippen molar-refractivity contribution >= 4 is 23.2 Å². The fourth-order valence-corrected chi connectivity index (χ4v) is 3.67. The number of nitrogens with zero attached hydrogens (tertiary/aromatic N) is 1. The van der Waals surface area contributed by atoms with Gasteiger partial charge in [-0.25, -0.2) is 0 Å². The fourth-order valence-electron chi connectivity index (χ4n) is 3.67. The quantitative estimate of drug-likeness (QED) is 0.727. The van der Waals surface area contributed by atoms with Gasteiger partial charge in [0.1, 0.15) is 0 Å². The first-order chi connectivity index (χ1) is 14.0. The van der Waals surface area contributed by atoms with E-state index < -0.39 is 0 Å². The van der Waals surface area contributed by atoms with Crippen LogP contribution in [0.5, 0.6) is 0 Å². The highest BCUT2D eigenvalue weighted by atomic mass is 16.2. The monoisotopic (exact) mass is 393 g/mol. The van der Waals surface area contributed by atoms with Crippen molar-refractivity contribution in [2.75, 3.05) is 16.8 Å². The largest absolute Gasteiger partial charge is 0.366 e. The molecule has 0 radical (unpaired) electrons. The number of rotatable bonds is 7.